The lowest BCUT2D eigenvalue weighted by Crippen LogP contribution is -2.47. The molecule has 1 fully saturated rings. The van der Waals surface area contributed by atoms with Crippen molar-refractivity contribution in [3.63, 3.8) is 0 Å². The van der Waals surface area contributed by atoms with Crippen molar-refractivity contribution in [3.8, 4) is 0 Å². The number of piperazine rings is 1. The van der Waals surface area contributed by atoms with Crippen molar-refractivity contribution in [1.29, 1.82) is 0 Å². The van der Waals surface area contributed by atoms with Crippen LogP contribution in [-0.2, 0) is 6.42 Å². The molecule has 0 unspecified atom stereocenters. The number of hydrogen-bond donors (Lipinski definition) is 1. The average Bonchev–Trinajstić information content (AvgIpc) is 2.97. The van der Waals surface area contributed by atoms with E-state index in [1.54, 1.807) is 23.5 Å². The number of rotatable bonds is 2. The fourth-order valence-electron chi connectivity index (χ4n) is 3.26. The Kier molecular flexibility index (Phi) is 4.37. The highest BCUT2D eigenvalue weighted by molar-refractivity contribution is 7.16. The van der Waals surface area contributed by atoms with Crippen LogP contribution < -0.4 is 5.32 Å². The molecule has 8 heteroatoms. The molecule has 26 heavy (non-hydrogen) atoms. The molecule has 2 aliphatic rings. The van der Waals surface area contributed by atoms with Gasteiger partial charge in [0.25, 0.3) is 5.69 Å². The van der Waals surface area contributed by atoms with Crippen molar-refractivity contribution >= 4 is 39.2 Å². The van der Waals surface area contributed by atoms with E-state index in [2.05, 4.69) is 35.2 Å². The largest absolute Gasteiger partial charge is 0.353 e. The molecular weight excluding hydrogens is 350 g/mol. The summed E-state index contributed by atoms with van der Waals surface area (Å²) >= 11 is 1.73. The fraction of sp³-hybridized carbons (Fsp3) is 0.389. The number of hydrogen-bond acceptors (Lipinski definition) is 7. The Morgan fingerprint density at radius 3 is 2.73 bits per heavy atom. The van der Waals surface area contributed by atoms with E-state index in [1.165, 1.54) is 10.9 Å². The zero-order chi connectivity index (χ0) is 18.3. The number of nitrogens with zero attached hydrogens (tertiary/aromatic N) is 4. The number of nitro benzene ring substituents is 1. The van der Waals surface area contributed by atoms with Gasteiger partial charge >= 0.3 is 0 Å². The summed E-state index contributed by atoms with van der Waals surface area (Å²) in [6, 6.07) is 7.02. The normalized spacial score (nSPS) is 17.0. The van der Waals surface area contributed by atoms with Crippen molar-refractivity contribution in [3.05, 3.63) is 44.8 Å². The van der Waals surface area contributed by atoms with Crippen LogP contribution in [0.25, 0.3) is 0 Å². The molecular formula is C18H21N5O2S. The second kappa shape index (κ2) is 6.69. The Morgan fingerprint density at radius 2 is 2.04 bits per heavy atom. The van der Waals surface area contributed by atoms with Crippen molar-refractivity contribution in [2.24, 2.45) is 4.99 Å². The monoisotopic (exact) mass is 371 g/mol. The zero-order valence-corrected chi connectivity index (χ0v) is 15.7. The van der Waals surface area contributed by atoms with Gasteiger partial charge < -0.3 is 15.1 Å². The molecule has 1 aromatic heterocycles. The molecule has 2 aliphatic heterocycles. The van der Waals surface area contributed by atoms with E-state index in [4.69, 9.17) is 4.99 Å². The Morgan fingerprint density at radius 1 is 1.27 bits per heavy atom. The second-order valence-electron chi connectivity index (χ2n) is 6.62. The summed E-state index contributed by atoms with van der Waals surface area (Å²) in [5.74, 6) is 0.913. The number of thiophene rings is 1. The molecule has 0 bridgehead atoms. The maximum absolute atomic E-state index is 11.2. The van der Waals surface area contributed by atoms with Gasteiger partial charge in [-0.3, -0.25) is 10.1 Å². The van der Waals surface area contributed by atoms with Gasteiger partial charge in [0, 0.05) is 43.2 Å². The maximum atomic E-state index is 11.2. The lowest BCUT2D eigenvalue weighted by atomic mass is 10.2. The van der Waals surface area contributed by atoms with Gasteiger partial charge in [0.05, 0.1) is 21.9 Å². The van der Waals surface area contributed by atoms with Crippen LogP contribution in [0.1, 0.15) is 17.4 Å². The summed E-state index contributed by atoms with van der Waals surface area (Å²) in [7, 11) is 2.12. The number of fused-ring (bicyclic) bond motifs is 2. The summed E-state index contributed by atoms with van der Waals surface area (Å²) in [6.45, 7) is 5.91. The topological polar surface area (TPSA) is 74.0 Å². The second-order valence-corrected chi connectivity index (χ2v) is 7.76. The maximum Gasteiger partial charge on any atom is 0.271 e. The highest BCUT2D eigenvalue weighted by atomic mass is 32.1. The van der Waals surface area contributed by atoms with Gasteiger partial charge in [-0.15, -0.1) is 11.3 Å². The van der Waals surface area contributed by atoms with Crippen LogP contribution >= 0.6 is 11.3 Å². The zero-order valence-electron chi connectivity index (χ0n) is 14.9. The average molecular weight is 371 g/mol. The minimum Gasteiger partial charge on any atom is -0.353 e. The Labute approximate surface area is 156 Å². The highest BCUT2D eigenvalue weighted by Crippen LogP contribution is 2.41. The van der Waals surface area contributed by atoms with Crippen molar-refractivity contribution in [2.45, 2.75) is 13.3 Å². The van der Waals surface area contributed by atoms with E-state index >= 15 is 0 Å². The van der Waals surface area contributed by atoms with E-state index in [-0.39, 0.29) is 10.6 Å². The van der Waals surface area contributed by atoms with Gasteiger partial charge in [0.1, 0.15) is 10.8 Å². The Balaban J connectivity index is 1.82. The Bertz CT molecular complexity index is 884. The predicted molar refractivity (Wildman–Crippen MR) is 105 cm³/mol. The number of aryl methyl sites for hydroxylation is 1. The predicted octanol–water partition coefficient (Wildman–Crippen LogP) is 3.60. The number of nitrogens with one attached hydrogen (secondary N) is 1. The van der Waals surface area contributed by atoms with E-state index in [9.17, 15) is 10.1 Å². The summed E-state index contributed by atoms with van der Waals surface area (Å²) in [4.78, 5) is 21.6. The molecule has 0 aliphatic carbocycles. The molecule has 2 aromatic rings. The van der Waals surface area contributed by atoms with Gasteiger partial charge in [-0.1, -0.05) is 6.92 Å². The number of nitro groups is 1. The third kappa shape index (κ3) is 3.06. The lowest BCUT2D eigenvalue weighted by Gasteiger charge is -2.34. The smallest absolute Gasteiger partial charge is 0.271 e. The fourth-order valence-corrected chi connectivity index (χ4v) is 4.27. The van der Waals surface area contributed by atoms with E-state index in [1.807, 2.05) is 0 Å². The molecule has 4 rings (SSSR count). The molecule has 1 saturated heterocycles. The van der Waals surface area contributed by atoms with Crippen molar-refractivity contribution < 1.29 is 4.92 Å². The highest BCUT2D eigenvalue weighted by Gasteiger charge is 2.26. The van der Waals surface area contributed by atoms with Gasteiger partial charge in [0.2, 0.25) is 0 Å². The number of anilines is 2. The van der Waals surface area contributed by atoms with Crippen molar-refractivity contribution in [2.75, 3.05) is 38.5 Å². The van der Waals surface area contributed by atoms with Gasteiger partial charge in [0.15, 0.2) is 0 Å². The van der Waals surface area contributed by atoms with E-state index in [0.717, 1.165) is 54.7 Å². The molecule has 1 N–H and O–H groups in total. The molecule has 136 valence electrons. The van der Waals surface area contributed by atoms with Crippen LogP contribution in [0.3, 0.4) is 0 Å². The van der Waals surface area contributed by atoms with Crippen molar-refractivity contribution in [1.82, 2.24) is 9.80 Å². The lowest BCUT2D eigenvalue weighted by molar-refractivity contribution is -0.384. The summed E-state index contributed by atoms with van der Waals surface area (Å²) in [6.07, 6.45) is 0.975. The van der Waals surface area contributed by atoms with Crippen LogP contribution in [0, 0.1) is 10.1 Å². The number of amidine groups is 1. The number of likely N-dealkylation sites (N-methyl/N-ethyl adjacent to an activating group) is 1. The first kappa shape index (κ1) is 17.0. The first-order valence-corrected chi connectivity index (χ1v) is 9.57. The molecule has 1 aromatic carbocycles. The number of non-ortho nitro benzene ring substituents is 1. The molecule has 0 amide bonds. The SMILES string of the molecule is CCc1cc2c(s1)Nc1ccc([N+](=O)[O-])cc1N=C2N1CCN(C)CC1. The molecule has 0 radical (unpaired) electrons. The molecule has 0 saturated carbocycles. The van der Waals surface area contributed by atoms with Gasteiger partial charge in [-0.25, -0.2) is 4.99 Å². The number of benzene rings is 1. The third-order valence-electron chi connectivity index (χ3n) is 4.84. The summed E-state index contributed by atoms with van der Waals surface area (Å²) in [5, 5.41) is 15.7. The van der Waals surface area contributed by atoms with E-state index in [0.29, 0.717) is 5.69 Å². The minimum atomic E-state index is -0.374. The van der Waals surface area contributed by atoms with Gasteiger partial charge in [-0.05, 0) is 25.6 Å². The molecule has 0 atom stereocenters. The van der Waals surface area contributed by atoms with E-state index < -0.39 is 0 Å². The molecule has 3 heterocycles. The quantitative estimate of drug-likeness (QED) is 0.645. The van der Waals surface area contributed by atoms with Crippen LogP contribution in [0.15, 0.2) is 29.3 Å². The molecule has 0 spiro atoms. The van der Waals surface area contributed by atoms with Crippen LogP contribution in [-0.4, -0.2) is 53.8 Å². The third-order valence-corrected chi connectivity index (χ3v) is 6.04. The first-order chi connectivity index (χ1) is 12.5. The molecule has 7 nitrogen and oxygen atoms in total. The van der Waals surface area contributed by atoms with Crippen LogP contribution in [0.2, 0.25) is 0 Å². The summed E-state index contributed by atoms with van der Waals surface area (Å²) in [5.41, 5.74) is 2.59. The first-order valence-electron chi connectivity index (χ1n) is 8.76. The summed E-state index contributed by atoms with van der Waals surface area (Å²) < 4.78 is 0. The number of aliphatic imine (C=N–C) groups is 1. The standard InChI is InChI=1S/C18H21N5O2S/c1-3-13-11-14-17(22-8-6-21(2)7-9-22)19-16-10-12(23(24)25)4-5-15(16)20-18(14)26-13/h4-5,10-11,20H,3,6-9H2,1-2H3. The minimum absolute atomic E-state index is 0.0616. The van der Waals surface area contributed by atoms with Crippen LogP contribution in [0.4, 0.5) is 22.1 Å². The Hall–Kier alpha value is -2.45. The van der Waals surface area contributed by atoms with Gasteiger partial charge in [-0.2, -0.15) is 0 Å². The van der Waals surface area contributed by atoms with Crippen LogP contribution in [0.5, 0.6) is 0 Å².